The lowest BCUT2D eigenvalue weighted by atomic mass is 9.99. The van der Waals surface area contributed by atoms with E-state index in [-0.39, 0.29) is 5.92 Å². The Labute approximate surface area is 113 Å². The second kappa shape index (κ2) is 7.41. The third-order valence-corrected chi connectivity index (χ3v) is 3.06. The Bertz CT molecular complexity index is 420. The van der Waals surface area contributed by atoms with Crippen molar-refractivity contribution >= 4 is 12.0 Å². The molecule has 0 fully saturated rings. The maximum atomic E-state index is 11.7. The fourth-order valence-corrected chi connectivity index (χ4v) is 1.65. The molecule has 0 saturated heterocycles. The van der Waals surface area contributed by atoms with Crippen molar-refractivity contribution in [2.24, 2.45) is 5.92 Å². The summed E-state index contributed by atoms with van der Waals surface area (Å²) in [4.78, 5) is 22.7. The van der Waals surface area contributed by atoms with E-state index in [4.69, 9.17) is 5.11 Å². The summed E-state index contributed by atoms with van der Waals surface area (Å²) in [5.41, 5.74) is 0.966. The Morgan fingerprint density at radius 3 is 2.42 bits per heavy atom. The average Bonchev–Trinajstić information content (AvgIpc) is 2.42. The highest BCUT2D eigenvalue weighted by atomic mass is 16.4. The molecule has 1 aromatic rings. The Morgan fingerprint density at radius 1 is 1.26 bits per heavy atom. The Balaban J connectivity index is 2.47. The molecule has 0 heterocycles. The van der Waals surface area contributed by atoms with Gasteiger partial charge in [-0.25, -0.2) is 9.59 Å². The van der Waals surface area contributed by atoms with Crippen LogP contribution in [0.5, 0.6) is 0 Å². The SMILES string of the molecule is CC[C@@H](C)[C@H](NC(=O)NCc1ccccc1)C(=O)O. The molecule has 0 aromatic heterocycles. The second-order valence-corrected chi connectivity index (χ2v) is 4.51. The normalized spacial score (nSPS) is 13.4. The van der Waals surface area contributed by atoms with Crippen molar-refractivity contribution in [2.45, 2.75) is 32.9 Å². The number of urea groups is 1. The van der Waals surface area contributed by atoms with Crippen LogP contribution in [0.3, 0.4) is 0 Å². The molecule has 5 heteroatoms. The van der Waals surface area contributed by atoms with Crippen LogP contribution in [-0.2, 0) is 11.3 Å². The summed E-state index contributed by atoms with van der Waals surface area (Å²) in [6.45, 7) is 4.07. The summed E-state index contributed by atoms with van der Waals surface area (Å²) >= 11 is 0. The van der Waals surface area contributed by atoms with Crippen molar-refractivity contribution in [2.75, 3.05) is 0 Å². The first kappa shape index (κ1) is 15.0. The smallest absolute Gasteiger partial charge is 0.326 e. The van der Waals surface area contributed by atoms with Gasteiger partial charge in [0.2, 0.25) is 0 Å². The number of hydrogen-bond acceptors (Lipinski definition) is 2. The van der Waals surface area contributed by atoms with E-state index in [9.17, 15) is 9.59 Å². The van der Waals surface area contributed by atoms with Crippen molar-refractivity contribution in [3.8, 4) is 0 Å². The molecule has 19 heavy (non-hydrogen) atoms. The molecule has 0 aliphatic carbocycles. The van der Waals surface area contributed by atoms with Gasteiger partial charge in [-0.15, -0.1) is 0 Å². The molecule has 3 N–H and O–H groups in total. The van der Waals surface area contributed by atoms with Gasteiger partial charge < -0.3 is 15.7 Å². The average molecular weight is 264 g/mol. The molecule has 1 rings (SSSR count). The fraction of sp³-hybridized carbons (Fsp3) is 0.429. The zero-order valence-corrected chi connectivity index (χ0v) is 11.2. The number of carbonyl (C=O) groups is 2. The van der Waals surface area contributed by atoms with Gasteiger partial charge in [0.05, 0.1) is 0 Å². The monoisotopic (exact) mass is 264 g/mol. The maximum Gasteiger partial charge on any atom is 0.326 e. The van der Waals surface area contributed by atoms with Crippen LogP contribution >= 0.6 is 0 Å². The molecule has 0 bridgehead atoms. The van der Waals surface area contributed by atoms with Gasteiger partial charge in [-0.05, 0) is 11.5 Å². The third-order valence-electron chi connectivity index (χ3n) is 3.06. The minimum Gasteiger partial charge on any atom is -0.480 e. The summed E-state index contributed by atoms with van der Waals surface area (Å²) in [6, 6.07) is 8.12. The van der Waals surface area contributed by atoms with E-state index in [1.54, 1.807) is 6.92 Å². The van der Waals surface area contributed by atoms with Crippen molar-refractivity contribution in [1.29, 1.82) is 0 Å². The van der Waals surface area contributed by atoms with Gasteiger partial charge in [0, 0.05) is 6.54 Å². The van der Waals surface area contributed by atoms with Crippen LogP contribution in [0.1, 0.15) is 25.8 Å². The van der Waals surface area contributed by atoms with E-state index in [2.05, 4.69) is 10.6 Å². The van der Waals surface area contributed by atoms with Crippen LogP contribution in [0.25, 0.3) is 0 Å². The number of benzene rings is 1. The highest BCUT2D eigenvalue weighted by Crippen LogP contribution is 2.07. The van der Waals surface area contributed by atoms with Crippen molar-refractivity contribution in [3.05, 3.63) is 35.9 Å². The van der Waals surface area contributed by atoms with Crippen LogP contribution < -0.4 is 10.6 Å². The molecule has 1 aromatic carbocycles. The lowest BCUT2D eigenvalue weighted by Crippen LogP contribution is -2.48. The zero-order chi connectivity index (χ0) is 14.3. The molecule has 104 valence electrons. The maximum absolute atomic E-state index is 11.7. The molecule has 0 saturated carbocycles. The number of rotatable bonds is 6. The van der Waals surface area contributed by atoms with Crippen LogP contribution in [0.4, 0.5) is 4.79 Å². The van der Waals surface area contributed by atoms with Crippen LogP contribution in [0.2, 0.25) is 0 Å². The van der Waals surface area contributed by atoms with E-state index in [1.807, 2.05) is 37.3 Å². The van der Waals surface area contributed by atoms with Crippen molar-refractivity contribution in [1.82, 2.24) is 10.6 Å². The minimum absolute atomic E-state index is 0.111. The largest absolute Gasteiger partial charge is 0.480 e. The summed E-state index contributed by atoms with van der Waals surface area (Å²) in [6.07, 6.45) is 0.690. The molecule has 0 aliphatic rings. The number of carboxylic acids is 1. The molecule has 2 amide bonds. The first-order valence-corrected chi connectivity index (χ1v) is 6.35. The van der Waals surface area contributed by atoms with Gasteiger partial charge in [-0.3, -0.25) is 0 Å². The summed E-state index contributed by atoms with van der Waals surface area (Å²) in [7, 11) is 0. The Morgan fingerprint density at radius 2 is 1.89 bits per heavy atom. The number of carboxylic acid groups (broad SMARTS) is 1. The summed E-state index contributed by atoms with van der Waals surface area (Å²) in [5.74, 6) is -1.12. The van der Waals surface area contributed by atoms with Crippen molar-refractivity contribution < 1.29 is 14.7 Å². The number of aliphatic carboxylic acids is 1. The van der Waals surface area contributed by atoms with Gasteiger partial charge in [0.1, 0.15) is 6.04 Å². The molecular formula is C14H20N2O3. The lowest BCUT2D eigenvalue weighted by Gasteiger charge is -2.20. The molecule has 2 atom stereocenters. The standard InChI is InChI=1S/C14H20N2O3/c1-3-10(2)12(13(17)18)16-14(19)15-9-11-7-5-4-6-8-11/h4-8,10,12H,3,9H2,1-2H3,(H,17,18)(H2,15,16,19)/t10-,12+/m1/s1. The first-order chi connectivity index (χ1) is 9.04. The van der Waals surface area contributed by atoms with E-state index in [0.717, 1.165) is 5.56 Å². The fourth-order valence-electron chi connectivity index (χ4n) is 1.65. The van der Waals surface area contributed by atoms with E-state index < -0.39 is 18.0 Å². The number of amides is 2. The predicted molar refractivity (Wildman–Crippen MR) is 72.7 cm³/mol. The van der Waals surface area contributed by atoms with E-state index >= 15 is 0 Å². The van der Waals surface area contributed by atoms with Gasteiger partial charge in [-0.1, -0.05) is 50.6 Å². The molecular weight excluding hydrogens is 244 g/mol. The summed E-state index contributed by atoms with van der Waals surface area (Å²) < 4.78 is 0. The van der Waals surface area contributed by atoms with Crippen LogP contribution in [0.15, 0.2) is 30.3 Å². The second-order valence-electron chi connectivity index (χ2n) is 4.51. The Hall–Kier alpha value is -2.04. The molecule has 0 radical (unpaired) electrons. The van der Waals surface area contributed by atoms with Gasteiger partial charge >= 0.3 is 12.0 Å². The van der Waals surface area contributed by atoms with Gasteiger partial charge in [0.25, 0.3) is 0 Å². The van der Waals surface area contributed by atoms with Crippen molar-refractivity contribution in [3.63, 3.8) is 0 Å². The third kappa shape index (κ3) is 4.99. The molecule has 0 spiro atoms. The molecule has 0 unspecified atom stereocenters. The zero-order valence-electron chi connectivity index (χ0n) is 11.2. The summed E-state index contributed by atoms with van der Waals surface area (Å²) in [5, 5.41) is 14.2. The predicted octanol–water partition coefficient (Wildman–Crippen LogP) is 1.99. The van der Waals surface area contributed by atoms with Crippen LogP contribution in [-0.4, -0.2) is 23.1 Å². The van der Waals surface area contributed by atoms with Gasteiger partial charge in [-0.2, -0.15) is 0 Å². The number of nitrogens with one attached hydrogen (secondary N) is 2. The minimum atomic E-state index is -1.01. The van der Waals surface area contributed by atoms with Gasteiger partial charge in [0.15, 0.2) is 0 Å². The quantitative estimate of drug-likeness (QED) is 0.735. The first-order valence-electron chi connectivity index (χ1n) is 6.35. The Kier molecular flexibility index (Phi) is 5.85. The van der Waals surface area contributed by atoms with E-state index in [1.165, 1.54) is 0 Å². The number of hydrogen-bond donors (Lipinski definition) is 3. The molecule has 0 aliphatic heterocycles. The molecule has 5 nitrogen and oxygen atoms in total. The highest BCUT2D eigenvalue weighted by molar-refractivity contribution is 5.82. The van der Waals surface area contributed by atoms with Crippen LogP contribution in [0, 0.1) is 5.92 Å². The van der Waals surface area contributed by atoms with E-state index in [0.29, 0.717) is 13.0 Å². The topological polar surface area (TPSA) is 78.4 Å². The number of carbonyl (C=O) groups excluding carboxylic acids is 1. The lowest BCUT2D eigenvalue weighted by molar-refractivity contribution is -0.140. The highest BCUT2D eigenvalue weighted by Gasteiger charge is 2.24.